The van der Waals surface area contributed by atoms with Gasteiger partial charge in [0.15, 0.2) is 0 Å². The minimum Gasteiger partial charge on any atom is -0.437 e. The summed E-state index contributed by atoms with van der Waals surface area (Å²) in [5.41, 5.74) is 3.07. The zero-order valence-electron chi connectivity index (χ0n) is 11.1. The fourth-order valence-corrected chi connectivity index (χ4v) is 2.40. The molecule has 2 aromatic rings. The van der Waals surface area contributed by atoms with Crippen LogP contribution in [0.4, 0.5) is 0 Å². The van der Waals surface area contributed by atoms with Crippen LogP contribution in [-0.4, -0.2) is 16.6 Å². The van der Waals surface area contributed by atoms with Crippen LogP contribution >= 0.6 is 22.6 Å². The van der Waals surface area contributed by atoms with Gasteiger partial charge in [0.1, 0.15) is 5.75 Å². The number of H-pyrrole nitrogens is 1. The quantitative estimate of drug-likeness (QED) is 0.438. The van der Waals surface area contributed by atoms with Crippen LogP contribution in [0.2, 0.25) is 0 Å². The van der Waals surface area contributed by atoms with Crippen molar-refractivity contribution in [2.75, 3.05) is 0 Å². The number of hydrogen-bond donors (Lipinski definition) is 2. The van der Waals surface area contributed by atoms with Crippen molar-refractivity contribution in [1.82, 2.24) is 15.5 Å². The number of alkyl halides is 1. The topological polar surface area (TPSA) is 67.0 Å². The number of nitrogens with one attached hydrogen (secondary N) is 2. The maximum absolute atomic E-state index is 10.4. The third-order valence-electron chi connectivity index (χ3n) is 2.90. The molecular weight excluding hydrogens is 369 g/mol. The molecule has 0 saturated heterocycles. The molecule has 0 atom stereocenters. The number of aromatic amines is 1. The fraction of sp³-hybridized carbons (Fsp3) is 0.286. The number of halogens is 1. The van der Waals surface area contributed by atoms with Crippen LogP contribution in [0.1, 0.15) is 23.7 Å². The lowest BCUT2D eigenvalue weighted by Gasteiger charge is -2.06. The number of ether oxygens (including phenoxy) is 1. The number of nitrogens with zero attached hydrogens (tertiary/aromatic N) is 1. The summed E-state index contributed by atoms with van der Waals surface area (Å²) in [5, 5.41) is 9.72. The lowest BCUT2D eigenvalue weighted by molar-refractivity contribution is -0.109. The largest absolute Gasteiger partial charge is 0.437 e. The molecule has 0 aliphatic carbocycles. The first-order valence-corrected chi connectivity index (χ1v) is 7.87. The van der Waals surface area contributed by atoms with E-state index in [0.29, 0.717) is 18.8 Å². The second kappa shape index (κ2) is 7.28. The third-order valence-corrected chi connectivity index (χ3v) is 3.78. The van der Waals surface area contributed by atoms with Gasteiger partial charge in [-0.25, -0.2) is 0 Å². The average Bonchev–Trinajstić information content (AvgIpc) is 2.87. The Balaban J connectivity index is 2.19. The van der Waals surface area contributed by atoms with Crippen molar-refractivity contribution in [3.05, 3.63) is 41.1 Å². The van der Waals surface area contributed by atoms with Gasteiger partial charge in [0, 0.05) is 9.99 Å². The summed E-state index contributed by atoms with van der Waals surface area (Å²) in [6.07, 6.45) is 1.46. The van der Waals surface area contributed by atoms with E-state index in [9.17, 15) is 4.79 Å². The summed E-state index contributed by atoms with van der Waals surface area (Å²) in [5.74, 6) is 1.34. The second-order valence-corrected chi connectivity index (χ2v) is 4.98. The van der Waals surface area contributed by atoms with Crippen molar-refractivity contribution in [3.8, 4) is 11.6 Å². The summed E-state index contributed by atoms with van der Waals surface area (Å²) >= 11 is 2.32. The first-order chi connectivity index (χ1) is 9.78. The van der Waals surface area contributed by atoms with Crippen LogP contribution in [-0.2, 0) is 22.2 Å². The lowest BCUT2D eigenvalue weighted by Crippen LogP contribution is -2.11. The van der Waals surface area contributed by atoms with E-state index in [4.69, 9.17) is 4.74 Å². The van der Waals surface area contributed by atoms with Crippen LogP contribution in [0.5, 0.6) is 11.6 Å². The number of amides is 1. The molecule has 0 radical (unpaired) electrons. The Kier molecular flexibility index (Phi) is 5.40. The minimum absolute atomic E-state index is 0.427. The minimum atomic E-state index is 0.427. The highest BCUT2D eigenvalue weighted by molar-refractivity contribution is 14.1. The molecule has 1 aromatic heterocycles. The Labute approximate surface area is 131 Å². The molecule has 0 spiro atoms. The van der Waals surface area contributed by atoms with Gasteiger partial charge in [0.05, 0.1) is 12.2 Å². The first kappa shape index (κ1) is 14.8. The van der Waals surface area contributed by atoms with Crippen molar-refractivity contribution in [3.63, 3.8) is 0 Å². The summed E-state index contributed by atoms with van der Waals surface area (Å²) in [6, 6.07) is 7.94. The van der Waals surface area contributed by atoms with Gasteiger partial charge in [-0.3, -0.25) is 9.89 Å². The molecule has 0 aliphatic rings. The van der Waals surface area contributed by atoms with Crippen molar-refractivity contribution in [2.24, 2.45) is 0 Å². The van der Waals surface area contributed by atoms with Gasteiger partial charge in [-0.15, -0.1) is 5.10 Å². The molecule has 0 unspecified atom stereocenters. The number of hydrogen-bond acceptors (Lipinski definition) is 3. The maximum Gasteiger partial charge on any atom is 0.241 e. The van der Waals surface area contributed by atoms with E-state index in [-0.39, 0.29) is 0 Å². The van der Waals surface area contributed by atoms with Crippen molar-refractivity contribution in [2.45, 2.75) is 24.3 Å². The molecule has 5 nitrogen and oxygen atoms in total. The predicted molar refractivity (Wildman–Crippen MR) is 85.1 cm³/mol. The smallest absolute Gasteiger partial charge is 0.241 e. The molecular formula is C14H16IN3O2. The van der Waals surface area contributed by atoms with Gasteiger partial charge in [-0.05, 0) is 24.1 Å². The standard InChI is InChI=1S/C14H16IN3O2/c1-2-12-13(8-16-9-19)17-18-14(12)20-11-5-3-4-10(6-11)7-15/h3-6,9H,2,7-8H2,1H3,(H,16,19)(H,17,18). The van der Waals surface area contributed by atoms with E-state index < -0.39 is 0 Å². The molecule has 1 heterocycles. The summed E-state index contributed by atoms with van der Waals surface area (Å²) < 4.78 is 6.78. The SMILES string of the molecule is CCc1c(Oc2cccc(CI)c2)n[nH]c1CNC=O. The van der Waals surface area contributed by atoms with Crippen LogP contribution in [0, 0.1) is 0 Å². The van der Waals surface area contributed by atoms with E-state index in [1.165, 1.54) is 5.56 Å². The van der Waals surface area contributed by atoms with Gasteiger partial charge < -0.3 is 10.1 Å². The van der Waals surface area contributed by atoms with Crippen LogP contribution in [0.25, 0.3) is 0 Å². The summed E-state index contributed by atoms with van der Waals surface area (Å²) in [7, 11) is 0. The Morgan fingerprint density at radius 2 is 2.35 bits per heavy atom. The molecule has 6 heteroatoms. The predicted octanol–water partition coefficient (Wildman–Crippen LogP) is 2.95. The van der Waals surface area contributed by atoms with Crippen molar-refractivity contribution < 1.29 is 9.53 Å². The normalized spacial score (nSPS) is 10.3. The van der Waals surface area contributed by atoms with E-state index in [2.05, 4.69) is 44.2 Å². The first-order valence-electron chi connectivity index (χ1n) is 6.34. The third kappa shape index (κ3) is 3.50. The molecule has 2 rings (SSSR count). The van der Waals surface area contributed by atoms with Crippen LogP contribution < -0.4 is 10.1 Å². The molecule has 2 N–H and O–H groups in total. The Bertz CT molecular complexity index is 584. The highest BCUT2D eigenvalue weighted by atomic mass is 127. The average molecular weight is 385 g/mol. The van der Waals surface area contributed by atoms with E-state index in [0.717, 1.165) is 27.9 Å². The number of carbonyl (C=O) groups excluding carboxylic acids is 1. The van der Waals surface area contributed by atoms with Crippen molar-refractivity contribution in [1.29, 1.82) is 0 Å². The fourth-order valence-electron chi connectivity index (χ4n) is 1.93. The van der Waals surface area contributed by atoms with Crippen LogP contribution in [0.3, 0.4) is 0 Å². The Morgan fingerprint density at radius 3 is 3.05 bits per heavy atom. The molecule has 0 saturated carbocycles. The Morgan fingerprint density at radius 1 is 1.50 bits per heavy atom. The van der Waals surface area contributed by atoms with Gasteiger partial charge in [-0.1, -0.05) is 41.6 Å². The number of rotatable bonds is 7. The number of carbonyl (C=O) groups is 1. The molecule has 1 amide bonds. The van der Waals surface area contributed by atoms with Gasteiger partial charge >= 0.3 is 0 Å². The highest BCUT2D eigenvalue weighted by Gasteiger charge is 2.13. The summed E-state index contributed by atoms with van der Waals surface area (Å²) in [6.45, 7) is 2.46. The van der Waals surface area contributed by atoms with Gasteiger partial charge in [0.2, 0.25) is 12.3 Å². The van der Waals surface area contributed by atoms with Crippen LogP contribution in [0.15, 0.2) is 24.3 Å². The van der Waals surface area contributed by atoms with E-state index >= 15 is 0 Å². The van der Waals surface area contributed by atoms with E-state index in [1.807, 2.05) is 25.1 Å². The highest BCUT2D eigenvalue weighted by Crippen LogP contribution is 2.26. The zero-order valence-corrected chi connectivity index (χ0v) is 13.3. The second-order valence-electron chi connectivity index (χ2n) is 4.22. The number of aromatic nitrogens is 2. The van der Waals surface area contributed by atoms with E-state index in [1.54, 1.807) is 0 Å². The molecule has 0 bridgehead atoms. The molecule has 0 fully saturated rings. The lowest BCUT2D eigenvalue weighted by atomic mass is 10.2. The van der Waals surface area contributed by atoms with Gasteiger partial charge in [0.25, 0.3) is 0 Å². The Hall–Kier alpha value is -1.57. The summed E-state index contributed by atoms with van der Waals surface area (Å²) in [4.78, 5) is 10.4. The zero-order chi connectivity index (χ0) is 14.4. The molecule has 20 heavy (non-hydrogen) atoms. The van der Waals surface area contributed by atoms with Crippen molar-refractivity contribution >= 4 is 29.0 Å². The monoisotopic (exact) mass is 385 g/mol. The molecule has 0 aliphatic heterocycles. The molecule has 1 aromatic carbocycles. The number of benzene rings is 1. The maximum atomic E-state index is 10.4. The molecule has 106 valence electrons. The van der Waals surface area contributed by atoms with Gasteiger partial charge in [-0.2, -0.15) is 0 Å².